The van der Waals surface area contributed by atoms with Crippen LogP contribution in [0.5, 0.6) is 0 Å². The van der Waals surface area contributed by atoms with Crippen molar-refractivity contribution < 1.29 is 5.11 Å². The summed E-state index contributed by atoms with van der Waals surface area (Å²) in [6.07, 6.45) is 8.00. The first kappa shape index (κ1) is 14.9. The molecule has 1 unspecified atom stereocenters. The van der Waals surface area contributed by atoms with Crippen molar-refractivity contribution in [3.8, 4) is 0 Å². The van der Waals surface area contributed by atoms with Gasteiger partial charge in [-0.2, -0.15) is 0 Å². The highest BCUT2D eigenvalue weighted by atomic mass is 16.3. The molecule has 0 aromatic carbocycles. The van der Waals surface area contributed by atoms with E-state index in [9.17, 15) is 0 Å². The Hall–Kier alpha value is -0.0800. The van der Waals surface area contributed by atoms with E-state index in [0.29, 0.717) is 5.92 Å². The predicted molar refractivity (Wildman–Crippen MR) is 67.1 cm³/mol. The Bertz CT molecular complexity index is 126. The van der Waals surface area contributed by atoms with E-state index in [1.165, 1.54) is 38.5 Å². The lowest BCUT2D eigenvalue weighted by atomic mass is 10.1. The first-order chi connectivity index (χ1) is 7.22. The van der Waals surface area contributed by atoms with Crippen LogP contribution in [0.4, 0.5) is 0 Å². The summed E-state index contributed by atoms with van der Waals surface area (Å²) in [5.74, 6) is 0.523. The summed E-state index contributed by atoms with van der Waals surface area (Å²) in [5.41, 5.74) is 0. The molecule has 1 atom stereocenters. The molecule has 0 aromatic rings. The van der Waals surface area contributed by atoms with E-state index < -0.39 is 0 Å². The van der Waals surface area contributed by atoms with Crippen molar-refractivity contribution >= 4 is 0 Å². The van der Waals surface area contributed by atoms with Crippen molar-refractivity contribution in [2.45, 2.75) is 65.3 Å². The Kier molecular flexibility index (Phi) is 10.4. The zero-order chi connectivity index (χ0) is 11.5. The van der Waals surface area contributed by atoms with E-state index in [2.05, 4.69) is 26.1 Å². The van der Waals surface area contributed by atoms with Crippen molar-refractivity contribution in [3.63, 3.8) is 0 Å². The maximum absolute atomic E-state index is 9.11. The number of hydrogen-bond donors (Lipinski definition) is 2. The number of rotatable bonds is 10. The Morgan fingerprint density at radius 1 is 1.00 bits per heavy atom. The van der Waals surface area contributed by atoms with Gasteiger partial charge in [-0.15, -0.1) is 0 Å². The molecule has 15 heavy (non-hydrogen) atoms. The van der Waals surface area contributed by atoms with Gasteiger partial charge in [-0.3, -0.25) is 0 Å². The van der Waals surface area contributed by atoms with Crippen LogP contribution in [0.15, 0.2) is 0 Å². The van der Waals surface area contributed by atoms with E-state index in [-0.39, 0.29) is 12.6 Å². The smallest absolute Gasteiger partial charge is 0.0587 e. The zero-order valence-electron chi connectivity index (χ0n) is 10.8. The summed E-state index contributed by atoms with van der Waals surface area (Å²) in [5, 5.41) is 12.5. The van der Waals surface area contributed by atoms with Crippen LogP contribution in [0.2, 0.25) is 0 Å². The third kappa shape index (κ3) is 8.88. The van der Waals surface area contributed by atoms with Crippen LogP contribution in [0.3, 0.4) is 0 Å². The van der Waals surface area contributed by atoms with E-state index >= 15 is 0 Å². The maximum atomic E-state index is 9.11. The van der Waals surface area contributed by atoms with Gasteiger partial charge in [-0.05, 0) is 18.9 Å². The van der Waals surface area contributed by atoms with Crippen LogP contribution < -0.4 is 5.32 Å². The lowest BCUT2D eigenvalue weighted by Gasteiger charge is -2.19. The van der Waals surface area contributed by atoms with Gasteiger partial charge in [-0.1, -0.05) is 52.9 Å². The number of aliphatic hydroxyl groups is 1. The molecule has 0 radical (unpaired) electrons. The van der Waals surface area contributed by atoms with Gasteiger partial charge in [0.1, 0.15) is 0 Å². The second kappa shape index (κ2) is 10.4. The summed E-state index contributed by atoms with van der Waals surface area (Å²) in [6, 6.07) is 0.278. The van der Waals surface area contributed by atoms with Gasteiger partial charge in [0, 0.05) is 6.04 Å². The fourth-order valence-electron chi connectivity index (χ4n) is 1.70. The summed E-state index contributed by atoms with van der Waals surface area (Å²) in [6.45, 7) is 7.85. The fourth-order valence-corrected chi connectivity index (χ4v) is 1.70. The molecule has 0 aromatic heterocycles. The predicted octanol–water partition coefficient (Wildman–Crippen LogP) is 2.95. The number of nitrogens with one attached hydrogen (secondary N) is 1. The molecular formula is C13H29NO. The minimum atomic E-state index is 0.257. The van der Waals surface area contributed by atoms with Gasteiger partial charge in [0.05, 0.1) is 6.61 Å². The van der Waals surface area contributed by atoms with Crippen molar-refractivity contribution in [3.05, 3.63) is 0 Å². The summed E-state index contributed by atoms with van der Waals surface area (Å²) < 4.78 is 0. The van der Waals surface area contributed by atoms with E-state index in [1.807, 2.05) is 0 Å². The Morgan fingerprint density at radius 2 is 1.60 bits per heavy atom. The molecule has 2 N–H and O–H groups in total. The monoisotopic (exact) mass is 215 g/mol. The molecule has 0 amide bonds. The molecule has 2 nitrogen and oxygen atoms in total. The molecular weight excluding hydrogens is 186 g/mol. The summed E-state index contributed by atoms with van der Waals surface area (Å²) in [4.78, 5) is 0. The lowest BCUT2D eigenvalue weighted by Crippen LogP contribution is -2.37. The standard InChI is InChI=1S/C13H29NO/c1-4-5-6-7-8-9-10-14-13(11-15)12(2)3/h12-15H,4-11H2,1-3H3. The molecule has 0 spiro atoms. The third-order valence-corrected chi connectivity index (χ3v) is 2.94. The third-order valence-electron chi connectivity index (χ3n) is 2.94. The molecule has 0 saturated heterocycles. The zero-order valence-corrected chi connectivity index (χ0v) is 10.8. The van der Waals surface area contributed by atoms with Gasteiger partial charge >= 0.3 is 0 Å². The summed E-state index contributed by atoms with van der Waals surface area (Å²) in [7, 11) is 0. The van der Waals surface area contributed by atoms with Crippen molar-refractivity contribution in [2.75, 3.05) is 13.2 Å². The fraction of sp³-hybridized carbons (Fsp3) is 1.00. The molecule has 2 heteroatoms. The molecule has 0 bridgehead atoms. The molecule has 0 fully saturated rings. The molecule has 0 aliphatic heterocycles. The topological polar surface area (TPSA) is 32.3 Å². The second-order valence-electron chi connectivity index (χ2n) is 4.75. The minimum Gasteiger partial charge on any atom is -0.395 e. The van der Waals surface area contributed by atoms with Crippen LogP contribution >= 0.6 is 0 Å². The van der Waals surface area contributed by atoms with Crippen LogP contribution in [-0.2, 0) is 0 Å². The maximum Gasteiger partial charge on any atom is 0.0587 e. The van der Waals surface area contributed by atoms with Crippen LogP contribution in [-0.4, -0.2) is 24.3 Å². The highest BCUT2D eigenvalue weighted by Crippen LogP contribution is 2.05. The first-order valence-electron chi connectivity index (χ1n) is 6.56. The Morgan fingerprint density at radius 3 is 2.13 bits per heavy atom. The average molecular weight is 215 g/mol. The first-order valence-corrected chi connectivity index (χ1v) is 6.56. The minimum absolute atomic E-state index is 0.257. The van der Waals surface area contributed by atoms with E-state index in [4.69, 9.17) is 5.11 Å². The SMILES string of the molecule is CCCCCCCCNC(CO)C(C)C. The number of unbranched alkanes of at least 4 members (excludes halogenated alkanes) is 5. The van der Waals surface area contributed by atoms with Gasteiger partial charge in [-0.25, -0.2) is 0 Å². The second-order valence-corrected chi connectivity index (χ2v) is 4.75. The van der Waals surface area contributed by atoms with Crippen molar-refractivity contribution in [2.24, 2.45) is 5.92 Å². The van der Waals surface area contributed by atoms with E-state index in [0.717, 1.165) is 6.54 Å². The summed E-state index contributed by atoms with van der Waals surface area (Å²) >= 11 is 0. The molecule has 0 aliphatic carbocycles. The van der Waals surface area contributed by atoms with Crippen molar-refractivity contribution in [1.29, 1.82) is 0 Å². The van der Waals surface area contributed by atoms with Gasteiger partial charge in [0.2, 0.25) is 0 Å². The van der Waals surface area contributed by atoms with Gasteiger partial charge in [0.25, 0.3) is 0 Å². The highest BCUT2D eigenvalue weighted by Gasteiger charge is 2.09. The average Bonchev–Trinajstić information content (AvgIpc) is 2.21. The molecule has 92 valence electrons. The largest absolute Gasteiger partial charge is 0.395 e. The number of aliphatic hydroxyl groups excluding tert-OH is 1. The van der Waals surface area contributed by atoms with Crippen LogP contribution in [0.1, 0.15) is 59.3 Å². The lowest BCUT2D eigenvalue weighted by molar-refractivity contribution is 0.210. The van der Waals surface area contributed by atoms with E-state index in [1.54, 1.807) is 0 Å². The van der Waals surface area contributed by atoms with Gasteiger partial charge in [0.15, 0.2) is 0 Å². The van der Waals surface area contributed by atoms with Crippen molar-refractivity contribution in [1.82, 2.24) is 5.32 Å². The number of hydrogen-bond acceptors (Lipinski definition) is 2. The Labute approximate surface area is 95.5 Å². The van der Waals surface area contributed by atoms with Crippen LogP contribution in [0.25, 0.3) is 0 Å². The molecule has 0 aliphatic rings. The van der Waals surface area contributed by atoms with Crippen LogP contribution in [0, 0.1) is 5.92 Å². The Balaban J connectivity index is 3.22. The highest BCUT2D eigenvalue weighted by molar-refractivity contribution is 4.68. The molecule has 0 heterocycles. The molecule has 0 saturated carbocycles. The quantitative estimate of drug-likeness (QED) is 0.549. The normalized spacial score (nSPS) is 13.4. The molecule has 0 rings (SSSR count). The van der Waals surface area contributed by atoms with Gasteiger partial charge < -0.3 is 10.4 Å².